The highest BCUT2D eigenvalue weighted by atomic mass is 19.1. The van der Waals surface area contributed by atoms with Crippen molar-refractivity contribution in [1.82, 2.24) is 0 Å². The van der Waals surface area contributed by atoms with Crippen molar-refractivity contribution in [1.29, 1.82) is 0 Å². The Morgan fingerprint density at radius 1 is 0.897 bits per heavy atom. The van der Waals surface area contributed by atoms with Crippen molar-refractivity contribution in [2.45, 2.75) is 32.6 Å². The van der Waals surface area contributed by atoms with Crippen LogP contribution in [0.25, 0.3) is 11.1 Å². The zero-order valence-electron chi connectivity index (χ0n) is 16.8. The highest BCUT2D eigenvalue weighted by Crippen LogP contribution is 2.25. The number of ether oxygens (including phenoxy) is 2. The third-order valence-electron chi connectivity index (χ3n) is 4.80. The van der Waals surface area contributed by atoms with Crippen molar-refractivity contribution in [2.75, 3.05) is 7.11 Å². The molecule has 0 fully saturated rings. The second-order valence-corrected chi connectivity index (χ2v) is 6.91. The van der Waals surface area contributed by atoms with Gasteiger partial charge in [-0.3, -0.25) is 0 Å². The van der Waals surface area contributed by atoms with Gasteiger partial charge in [0.05, 0.1) is 12.7 Å². The molecular formula is C25H25FO3. The van der Waals surface area contributed by atoms with E-state index in [9.17, 15) is 9.18 Å². The first-order valence-corrected chi connectivity index (χ1v) is 9.86. The Morgan fingerprint density at radius 3 is 2.21 bits per heavy atom. The second-order valence-electron chi connectivity index (χ2n) is 6.91. The molecule has 29 heavy (non-hydrogen) atoms. The number of methoxy groups -OCH3 is 1. The zero-order valence-corrected chi connectivity index (χ0v) is 16.8. The van der Waals surface area contributed by atoms with Crippen molar-refractivity contribution in [3.8, 4) is 22.6 Å². The van der Waals surface area contributed by atoms with E-state index in [1.54, 1.807) is 67.8 Å². The van der Waals surface area contributed by atoms with Gasteiger partial charge in [0.25, 0.3) is 0 Å². The van der Waals surface area contributed by atoms with Gasteiger partial charge in [0.2, 0.25) is 0 Å². The number of carbonyl (C=O) groups is 1. The van der Waals surface area contributed by atoms with Crippen LogP contribution in [-0.4, -0.2) is 13.1 Å². The van der Waals surface area contributed by atoms with Gasteiger partial charge in [-0.25, -0.2) is 9.18 Å². The van der Waals surface area contributed by atoms with E-state index in [1.165, 1.54) is 0 Å². The van der Waals surface area contributed by atoms with E-state index in [0.717, 1.165) is 36.8 Å². The molecule has 3 nitrogen and oxygen atoms in total. The van der Waals surface area contributed by atoms with Crippen molar-refractivity contribution < 1.29 is 18.7 Å². The number of benzene rings is 3. The van der Waals surface area contributed by atoms with Crippen LogP contribution in [0, 0.1) is 5.82 Å². The van der Waals surface area contributed by atoms with Crippen molar-refractivity contribution in [3.63, 3.8) is 0 Å². The summed E-state index contributed by atoms with van der Waals surface area (Å²) < 4.78 is 25.0. The summed E-state index contributed by atoms with van der Waals surface area (Å²) in [4.78, 5) is 12.3. The Kier molecular flexibility index (Phi) is 7.01. The first-order valence-electron chi connectivity index (χ1n) is 9.86. The first kappa shape index (κ1) is 20.6. The molecule has 3 aromatic carbocycles. The smallest absolute Gasteiger partial charge is 0.343 e. The SMILES string of the molecule is CCCCCc1ccc(-c2ccc(C(=O)Oc3ccc(OC)cc3)cc2)c(F)c1. The largest absolute Gasteiger partial charge is 0.497 e. The Balaban J connectivity index is 1.68. The van der Waals surface area contributed by atoms with E-state index in [2.05, 4.69) is 6.92 Å². The molecule has 0 heterocycles. The minimum absolute atomic E-state index is 0.243. The van der Waals surface area contributed by atoms with E-state index < -0.39 is 5.97 Å². The monoisotopic (exact) mass is 392 g/mol. The molecule has 0 bridgehead atoms. The summed E-state index contributed by atoms with van der Waals surface area (Å²) in [5, 5.41) is 0. The molecule has 0 saturated carbocycles. The highest BCUT2D eigenvalue weighted by molar-refractivity contribution is 5.91. The molecular weight excluding hydrogens is 367 g/mol. The average Bonchev–Trinajstić information content (AvgIpc) is 2.75. The third-order valence-corrected chi connectivity index (χ3v) is 4.80. The number of hydrogen-bond donors (Lipinski definition) is 0. The van der Waals surface area contributed by atoms with Gasteiger partial charge < -0.3 is 9.47 Å². The molecule has 0 amide bonds. The van der Waals surface area contributed by atoms with Gasteiger partial charge in [0.15, 0.2) is 0 Å². The van der Waals surface area contributed by atoms with Gasteiger partial charge >= 0.3 is 5.97 Å². The Morgan fingerprint density at radius 2 is 1.59 bits per heavy atom. The molecule has 0 N–H and O–H groups in total. The lowest BCUT2D eigenvalue weighted by Crippen LogP contribution is -2.08. The van der Waals surface area contributed by atoms with Crippen LogP contribution in [0.15, 0.2) is 66.7 Å². The molecule has 0 spiro atoms. The normalized spacial score (nSPS) is 10.6. The fourth-order valence-electron chi connectivity index (χ4n) is 3.12. The number of aryl methyl sites for hydroxylation is 1. The molecule has 0 radical (unpaired) electrons. The fraction of sp³-hybridized carbons (Fsp3) is 0.240. The first-order chi connectivity index (χ1) is 14.1. The molecule has 0 unspecified atom stereocenters. The van der Waals surface area contributed by atoms with Crippen LogP contribution in [0.4, 0.5) is 4.39 Å². The number of esters is 1. The lowest BCUT2D eigenvalue weighted by molar-refractivity contribution is 0.0734. The van der Waals surface area contributed by atoms with Gasteiger partial charge in [0, 0.05) is 5.56 Å². The maximum atomic E-state index is 14.6. The molecule has 150 valence electrons. The molecule has 3 rings (SSSR count). The molecule has 0 aromatic heterocycles. The van der Waals surface area contributed by atoms with Crippen LogP contribution in [-0.2, 0) is 6.42 Å². The number of hydrogen-bond acceptors (Lipinski definition) is 3. The summed E-state index contributed by atoms with van der Waals surface area (Å²) in [6, 6.07) is 18.9. The number of unbranched alkanes of at least 4 members (excludes halogenated alkanes) is 2. The van der Waals surface area contributed by atoms with Gasteiger partial charge in [-0.1, -0.05) is 44.0 Å². The summed E-state index contributed by atoms with van der Waals surface area (Å²) in [7, 11) is 1.57. The van der Waals surface area contributed by atoms with E-state index in [4.69, 9.17) is 9.47 Å². The molecule has 3 aromatic rings. The topological polar surface area (TPSA) is 35.5 Å². The molecule has 0 aliphatic rings. The van der Waals surface area contributed by atoms with Gasteiger partial charge in [0.1, 0.15) is 17.3 Å². The Hall–Kier alpha value is -3.14. The third kappa shape index (κ3) is 5.44. The lowest BCUT2D eigenvalue weighted by atomic mass is 9.99. The van der Waals surface area contributed by atoms with Crippen molar-refractivity contribution in [2.24, 2.45) is 0 Å². The van der Waals surface area contributed by atoms with E-state index in [0.29, 0.717) is 22.6 Å². The minimum Gasteiger partial charge on any atom is -0.497 e. The van der Waals surface area contributed by atoms with Crippen LogP contribution >= 0.6 is 0 Å². The number of rotatable bonds is 8. The van der Waals surface area contributed by atoms with E-state index >= 15 is 0 Å². The fourth-order valence-corrected chi connectivity index (χ4v) is 3.12. The van der Waals surface area contributed by atoms with Crippen LogP contribution in [0.3, 0.4) is 0 Å². The maximum Gasteiger partial charge on any atom is 0.343 e. The summed E-state index contributed by atoms with van der Waals surface area (Å²) >= 11 is 0. The zero-order chi connectivity index (χ0) is 20.6. The molecule has 4 heteroatoms. The molecule has 0 atom stereocenters. The maximum absolute atomic E-state index is 14.6. The summed E-state index contributed by atoms with van der Waals surface area (Å²) in [5.74, 6) is 0.415. The van der Waals surface area contributed by atoms with Crippen molar-refractivity contribution in [3.05, 3.63) is 83.7 Å². The predicted octanol–water partition coefficient (Wildman–Crippen LogP) is 6.45. The predicted molar refractivity (Wildman–Crippen MR) is 113 cm³/mol. The Bertz CT molecular complexity index is 947. The van der Waals surface area contributed by atoms with E-state index in [-0.39, 0.29) is 5.82 Å². The van der Waals surface area contributed by atoms with Gasteiger partial charge in [-0.2, -0.15) is 0 Å². The number of halogens is 1. The summed E-state index contributed by atoms with van der Waals surface area (Å²) in [6.07, 6.45) is 4.26. The molecule has 0 aliphatic heterocycles. The Labute approximate surface area is 171 Å². The number of carbonyl (C=O) groups excluding carboxylic acids is 1. The standard InChI is InChI=1S/C25H25FO3/c1-3-4-5-6-18-7-16-23(24(26)17-18)19-8-10-20(11-9-19)25(27)29-22-14-12-21(28-2)13-15-22/h7-17H,3-6H2,1-2H3. The van der Waals surface area contributed by atoms with Gasteiger partial charge in [-0.05, 0) is 66.4 Å². The molecule has 0 aliphatic carbocycles. The van der Waals surface area contributed by atoms with Crippen molar-refractivity contribution >= 4 is 5.97 Å². The van der Waals surface area contributed by atoms with E-state index in [1.807, 2.05) is 6.07 Å². The van der Waals surface area contributed by atoms with Gasteiger partial charge in [-0.15, -0.1) is 0 Å². The summed E-state index contributed by atoms with van der Waals surface area (Å²) in [5.41, 5.74) is 2.67. The second kappa shape index (κ2) is 9.87. The summed E-state index contributed by atoms with van der Waals surface area (Å²) in [6.45, 7) is 2.15. The highest BCUT2D eigenvalue weighted by Gasteiger charge is 2.11. The lowest BCUT2D eigenvalue weighted by Gasteiger charge is -2.08. The van der Waals surface area contributed by atoms with Crippen LogP contribution in [0.1, 0.15) is 42.1 Å². The van der Waals surface area contributed by atoms with Crippen LogP contribution < -0.4 is 9.47 Å². The van der Waals surface area contributed by atoms with Crippen LogP contribution in [0.2, 0.25) is 0 Å². The van der Waals surface area contributed by atoms with Crippen LogP contribution in [0.5, 0.6) is 11.5 Å². The quantitative estimate of drug-likeness (QED) is 0.251. The molecule has 0 saturated heterocycles. The minimum atomic E-state index is -0.464. The average molecular weight is 392 g/mol.